The first kappa shape index (κ1) is 10.3. The van der Waals surface area contributed by atoms with E-state index >= 15 is 0 Å². The Bertz CT molecular complexity index is 292. The third kappa shape index (κ3) is 2.05. The van der Waals surface area contributed by atoms with Crippen LogP contribution in [0.25, 0.3) is 0 Å². The smallest absolute Gasteiger partial charge is 0.116 e. The first-order valence-corrected chi connectivity index (χ1v) is 6.22. The Hall–Kier alpha value is -0.250. The molecule has 1 aliphatic heterocycles. The van der Waals surface area contributed by atoms with E-state index in [-0.39, 0.29) is 0 Å². The molecule has 1 aliphatic rings. The summed E-state index contributed by atoms with van der Waals surface area (Å²) < 4.78 is 0.924. The highest BCUT2D eigenvalue weighted by Gasteiger charge is 2.19. The van der Waals surface area contributed by atoms with Gasteiger partial charge in [0.05, 0.1) is 5.69 Å². The predicted molar refractivity (Wildman–Crippen MR) is 63.6 cm³/mol. The van der Waals surface area contributed by atoms with Crippen molar-refractivity contribution < 1.29 is 0 Å². The fourth-order valence-corrected chi connectivity index (χ4v) is 2.89. The number of halogens is 1. The van der Waals surface area contributed by atoms with Crippen LogP contribution < -0.4 is 10.2 Å². The van der Waals surface area contributed by atoms with Crippen LogP contribution in [0.4, 0.5) is 5.69 Å². The van der Waals surface area contributed by atoms with Crippen LogP contribution in [0.5, 0.6) is 0 Å². The van der Waals surface area contributed by atoms with E-state index in [0.717, 1.165) is 17.4 Å². The summed E-state index contributed by atoms with van der Waals surface area (Å²) in [6.45, 7) is 2.23. The summed E-state index contributed by atoms with van der Waals surface area (Å²) in [5.74, 6) is 0. The van der Waals surface area contributed by atoms with Crippen LogP contribution in [0.15, 0.2) is 11.4 Å². The molecule has 0 radical (unpaired) electrons. The van der Waals surface area contributed by atoms with Crippen molar-refractivity contribution in [1.29, 1.82) is 0 Å². The summed E-state index contributed by atoms with van der Waals surface area (Å²) in [5, 5.41) is 5.38. The van der Waals surface area contributed by atoms with Gasteiger partial charge in [-0.2, -0.15) is 0 Å². The summed E-state index contributed by atoms with van der Waals surface area (Å²) in [6.07, 6.45) is 2.42. The lowest BCUT2D eigenvalue weighted by Gasteiger charge is -2.33. The molecule has 1 fully saturated rings. The maximum atomic E-state index is 6.10. The van der Waals surface area contributed by atoms with Crippen molar-refractivity contribution in [3.8, 4) is 0 Å². The van der Waals surface area contributed by atoms with Crippen LogP contribution >= 0.6 is 22.9 Å². The Kier molecular flexibility index (Phi) is 3.31. The van der Waals surface area contributed by atoms with Crippen LogP contribution in [-0.4, -0.2) is 26.2 Å². The zero-order valence-corrected chi connectivity index (χ0v) is 9.87. The fourth-order valence-electron chi connectivity index (χ4n) is 1.92. The van der Waals surface area contributed by atoms with E-state index in [0.29, 0.717) is 6.04 Å². The largest absolute Gasteiger partial charge is 0.370 e. The van der Waals surface area contributed by atoms with E-state index in [9.17, 15) is 0 Å². The molecule has 0 atom stereocenters. The van der Waals surface area contributed by atoms with Crippen molar-refractivity contribution in [2.75, 3.05) is 25.0 Å². The second-order valence-corrected chi connectivity index (χ2v) is 5.15. The first-order valence-electron chi connectivity index (χ1n) is 4.96. The molecule has 0 aliphatic carbocycles. The van der Waals surface area contributed by atoms with E-state index in [4.69, 9.17) is 11.6 Å². The zero-order valence-electron chi connectivity index (χ0n) is 8.29. The van der Waals surface area contributed by atoms with Crippen molar-refractivity contribution in [3.63, 3.8) is 0 Å². The molecule has 2 rings (SSSR count). The first-order chi connectivity index (χ1) is 6.81. The monoisotopic (exact) mass is 230 g/mol. The summed E-state index contributed by atoms with van der Waals surface area (Å²) >= 11 is 7.72. The minimum absolute atomic E-state index is 0.684. The second kappa shape index (κ2) is 4.51. The number of hydrogen-bond donors (Lipinski definition) is 1. The van der Waals surface area contributed by atoms with E-state index in [1.165, 1.54) is 18.5 Å². The minimum atomic E-state index is 0.684. The molecule has 0 amide bonds. The van der Waals surface area contributed by atoms with Crippen molar-refractivity contribution in [1.82, 2.24) is 5.32 Å². The molecular formula is C10H15ClN2S. The maximum Gasteiger partial charge on any atom is 0.116 e. The molecule has 14 heavy (non-hydrogen) atoms. The van der Waals surface area contributed by atoms with Crippen molar-refractivity contribution in [3.05, 3.63) is 15.8 Å². The van der Waals surface area contributed by atoms with Gasteiger partial charge in [-0.15, -0.1) is 11.3 Å². The zero-order chi connectivity index (χ0) is 9.97. The molecule has 1 N–H and O–H groups in total. The lowest BCUT2D eigenvalue weighted by molar-refractivity contribution is 0.442. The van der Waals surface area contributed by atoms with Gasteiger partial charge in [0.1, 0.15) is 4.34 Å². The van der Waals surface area contributed by atoms with Gasteiger partial charge in [0.15, 0.2) is 0 Å². The highest BCUT2D eigenvalue weighted by Crippen LogP contribution is 2.32. The van der Waals surface area contributed by atoms with Gasteiger partial charge >= 0.3 is 0 Å². The lowest BCUT2D eigenvalue weighted by Crippen LogP contribution is -2.41. The second-order valence-electron chi connectivity index (χ2n) is 3.63. The Morgan fingerprint density at radius 1 is 1.50 bits per heavy atom. The van der Waals surface area contributed by atoms with Gasteiger partial charge in [0.25, 0.3) is 0 Å². The summed E-state index contributed by atoms with van der Waals surface area (Å²) in [6, 6.07) is 2.80. The van der Waals surface area contributed by atoms with E-state index in [1.54, 1.807) is 11.3 Å². The van der Waals surface area contributed by atoms with Crippen molar-refractivity contribution >= 4 is 28.6 Å². The minimum Gasteiger partial charge on any atom is -0.370 e. The summed E-state index contributed by atoms with van der Waals surface area (Å²) in [5.41, 5.74) is 1.21. The SMILES string of the molecule is CNC1CCN(c2ccsc2Cl)CC1. The third-order valence-electron chi connectivity index (χ3n) is 2.84. The van der Waals surface area contributed by atoms with Crippen LogP contribution in [0.1, 0.15) is 12.8 Å². The van der Waals surface area contributed by atoms with Gasteiger partial charge in [0.2, 0.25) is 0 Å². The summed E-state index contributed by atoms with van der Waals surface area (Å²) in [7, 11) is 2.04. The summed E-state index contributed by atoms with van der Waals surface area (Å²) in [4.78, 5) is 2.38. The number of anilines is 1. The Labute approximate surface area is 93.9 Å². The van der Waals surface area contributed by atoms with Crippen LogP contribution in [-0.2, 0) is 0 Å². The maximum absolute atomic E-state index is 6.10. The fraction of sp³-hybridized carbons (Fsp3) is 0.600. The number of piperidine rings is 1. The van der Waals surface area contributed by atoms with Crippen LogP contribution in [0.3, 0.4) is 0 Å². The van der Waals surface area contributed by atoms with E-state index in [2.05, 4.69) is 21.7 Å². The third-order valence-corrected chi connectivity index (χ3v) is 3.99. The molecular weight excluding hydrogens is 216 g/mol. The van der Waals surface area contributed by atoms with E-state index in [1.807, 2.05) is 7.05 Å². The molecule has 2 heterocycles. The van der Waals surface area contributed by atoms with Crippen LogP contribution in [0, 0.1) is 0 Å². The molecule has 1 aromatic rings. The Morgan fingerprint density at radius 2 is 2.21 bits per heavy atom. The van der Waals surface area contributed by atoms with Gasteiger partial charge < -0.3 is 10.2 Å². The Balaban J connectivity index is 1.99. The Morgan fingerprint density at radius 3 is 2.71 bits per heavy atom. The van der Waals surface area contributed by atoms with Crippen molar-refractivity contribution in [2.45, 2.75) is 18.9 Å². The van der Waals surface area contributed by atoms with Gasteiger partial charge in [-0.1, -0.05) is 11.6 Å². The average Bonchev–Trinajstić information content (AvgIpc) is 2.65. The quantitative estimate of drug-likeness (QED) is 0.840. The number of nitrogens with zero attached hydrogens (tertiary/aromatic N) is 1. The topological polar surface area (TPSA) is 15.3 Å². The molecule has 0 saturated carbocycles. The van der Waals surface area contributed by atoms with E-state index < -0.39 is 0 Å². The van der Waals surface area contributed by atoms with Gasteiger partial charge in [-0.25, -0.2) is 0 Å². The highest BCUT2D eigenvalue weighted by molar-refractivity contribution is 7.15. The van der Waals surface area contributed by atoms with Gasteiger partial charge in [-0.05, 0) is 31.3 Å². The average molecular weight is 231 g/mol. The molecule has 4 heteroatoms. The number of rotatable bonds is 2. The molecule has 0 aromatic carbocycles. The molecule has 0 bridgehead atoms. The van der Waals surface area contributed by atoms with Crippen LogP contribution in [0.2, 0.25) is 4.34 Å². The standard InChI is InChI=1S/C10H15ClN2S/c1-12-8-2-5-13(6-3-8)9-4-7-14-10(9)11/h4,7-8,12H,2-3,5-6H2,1H3. The molecule has 2 nitrogen and oxygen atoms in total. The molecule has 0 spiro atoms. The molecule has 0 unspecified atom stereocenters. The molecule has 1 saturated heterocycles. The predicted octanol–water partition coefficient (Wildman–Crippen LogP) is 2.59. The number of hydrogen-bond acceptors (Lipinski definition) is 3. The number of nitrogens with one attached hydrogen (secondary N) is 1. The highest BCUT2D eigenvalue weighted by atomic mass is 35.5. The van der Waals surface area contributed by atoms with Gasteiger partial charge in [0, 0.05) is 19.1 Å². The van der Waals surface area contributed by atoms with Gasteiger partial charge in [-0.3, -0.25) is 0 Å². The van der Waals surface area contributed by atoms with Crippen molar-refractivity contribution in [2.24, 2.45) is 0 Å². The number of thiophene rings is 1. The molecule has 1 aromatic heterocycles. The normalized spacial score (nSPS) is 18.9. The molecule has 78 valence electrons. The lowest BCUT2D eigenvalue weighted by atomic mass is 10.1.